The van der Waals surface area contributed by atoms with Crippen molar-refractivity contribution in [2.24, 2.45) is 0 Å². The van der Waals surface area contributed by atoms with E-state index in [1.165, 1.54) is 109 Å². The largest absolute Gasteiger partial charge is 0.0836 e. The number of hydrogen-bond acceptors (Lipinski definition) is 0. The van der Waals surface area contributed by atoms with Crippen LogP contribution in [0.25, 0.3) is 104 Å². The van der Waals surface area contributed by atoms with E-state index in [0.29, 0.717) is 0 Å². The van der Waals surface area contributed by atoms with Crippen molar-refractivity contribution in [2.45, 2.75) is 12.8 Å². The molecule has 0 saturated carbocycles. The van der Waals surface area contributed by atoms with Crippen molar-refractivity contribution in [3.05, 3.63) is 163 Å². The Bertz CT molecular complexity index is 2850. The van der Waals surface area contributed by atoms with Crippen molar-refractivity contribution in [1.29, 1.82) is 0 Å². The van der Waals surface area contributed by atoms with E-state index in [2.05, 4.69) is 158 Å². The van der Waals surface area contributed by atoms with Gasteiger partial charge in [-0.2, -0.15) is 0 Å². The Hall–Kier alpha value is -5.98. The molecule has 2 aliphatic carbocycles. The second-order valence-electron chi connectivity index (χ2n) is 13.4. The minimum atomic E-state index is 1.09. The van der Waals surface area contributed by atoms with Crippen LogP contribution in [0, 0.1) is 0 Å². The van der Waals surface area contributed by atoms with Crippen molar-refractivity contribution in [2.75, 3.05) is 0 Å². The number of aryl methyl sites for hydroxylation is 1. The first-order chi connectivity index (χ1) is 23.8. The molecule has 0 heterocycles. The molecule has 9 aromatic rings. The second kappa shape index (κ2) is 9.77. The normalized spacial score (nSPS) is 13.2. The van der Waals surface area contributed by atoms with Crippen LogP contribution in [0.4, 0.5) is 0 Å². The van der Waals surface area contributed by atoms with E-state index >= 15 is 0 Å². The first-order valence-electron chi connectivity index (χ1n) is 17.1. The minimum Gasteiger partial charge on any atom is -0.0836 e. The fraction of sp³-hybridized carbons (Fsp3) is 0.0417. The average Bonchev–Trinajstić information content (AvgIpc) is 3.48. The molecule has 0 bridgehead atoms. The van der Waals surface area contributed by atoms with E-state index < -0.39 is 0 Å². The summed E-state index contributed by atoms with van der Waals surface area (Å²) < 4.78 is 0. The van der Waals surface area contributed by atoms with Crippen molar-refractivity contribution in [3.63, 3.8) is 0 Å². The Balaban J connectivity index is 1.35. The molecule has 0 N–H and O–H groups in total. The summed E-state index contributed by atoms with van der Waals surface area (Å²) in [5.74, 6) is 0. The van der Waals surface area contributed by atoms with E-state index in [1.54, 1.807) is 0 Å². The number of allylic oxidation sites excluding steroid dienone is 1. The molecular formula is C48H30. The van der Waals surface area contributed by atoms with E-state index in [4.69, 9.17) is 0 Å². The molecule has 0 aliphatic heterocycles. The van der Waals surface area contributed by atoms with Crippen LogP contribution >= 0.6 is 0 Å². The van der Waals surface area contributed by atoms with Crippen LogP contribution in [-0.4, -0.2) is 0 Å². The Morgan fingerprint density at radius 3 is 1.69 bits per heavy atom. The van der Waals surface area contributed by atoms with Crippen LogP contribution in [-0.2, 0) is 6.42 Å². The van der Waals surface area contributed by atoms with Gasteiger partial charge in [0.15, 0.2) is 0 Å². The highest BCUT2D eigenvalue weighted by molar-refractivity contribution is 6.32. The van der Waals surface area contributed by atoms with Gasteiger partial charge in [-0.05, 0) is 141 Å². The zero-order valence-corrected chi connectivity index (χ0v) is 26.4. The molecule has 11 rings (SSSR count). The summed E-state index contributed by atoms with van der Waals surface area (Å²) in [6.45, 7) is 0. The highest BCUT2D eigenvalue weighted by Gasteiger charge is 2.31. The van der Waals surface area contributed by atoms with Gasteiger partial charge in [0, 0.05) is 0 Å². The third-order valence-electron chi connectivity index (χ3n) is 11.0. The number of hydrogen-bond donors (Lipinski definition) is 0. The van der Waals surface area contributed by atoms with E-state index in [1.807, 2.05) is 0 Å². The monoisotopic (exact) mass is 606 g/mol. The Morgan fingerprint density at radius 1 is 0.375 bits per heavy atom. The maximum Gasteiger partial charge on any atom is -0.000719 e. The van der Waals surface area contributed by atoms with Gasteiger partial charge in [0.2, 0.25) is 0 Å². The molecule has 0 saturated heterocycles. The van der Waals surface area contributed by atoms with Gasteiger partial charge < -0.3 is 0 Å². The maximum atomic E-state index is 2.51. The van der Waals surface area contributed by atoms with Crippen LogP contribution in [0.5, 0.6) is 0 Å². The highest BCUT2D eigenvalue weighted by atomic mass is 14.3. The molecule has 48 heavy (non-hydrogen) atoms. The molecule has 0 nitrogen and oxygen atoms in total. The van der Waals surface area contributed by atoms with Gasteiger partial charge >= 0.3 is 0 Å². The molecule has 9 aromatic carbocycles. The second-order valence-corrected chi connectivity index (χ2v) is 13.4. The molecule has 0 atom stereocenters. The predicted octanol–water partition coefficient (Wildman–Crippen LogP) is 13.4. The molecule has 0 unspecified atom stereocenters. The lowest BCUT2D eigenvalue weighted by Crippen LogP contribution is -1.98. The van der Waals surface area contributed by atoms with Crippen LogP contribution in [0.1, 0.15) is 17.5 Å². The van der Waals surface area contributed by atoms with Gasteiger partial charge in [0.25, 0.3) is 0 Å². The summed E-state index contributed by atoms with van der Waals surface area (Å²) in [6, 6.07) is 54.6. The van der Waals surface area contributed by atoms with Crippen LogP contribution in [0.2, 0.25) is 0 Å². The maximum absolute atomic E-state index is 2.51. The third kappa shape index (κ3) is 3.44. The summed E-state index contributed by atoms with van der Waals surface area (Å²) in [5, 5.41) is 13.4. The number of rotatable bonds is 2. The summed E-state index contributed by atoms with van der Waals surface area (Å²) in [5.41, 5.74) is 13.4. The standard InChI is InChI=1S/C48H30/c1-3-14-29(15-4-1)44-36-22-11-12-23-37(36)45(30-16-5-2-6-17-30)48-43-27-31-26-41-34-20-9-7-18-32(34)33-19-8-10-21-35(33)42(41)28-40(31)38-24-13-25-39(46(38)43)47(44)48/h1-7,9-18,20-28H,8,19H2. The molecule has 0 radical (unpaired) electrons. The SMILES string of the molecule is C1=Cc2c(c3ccccc3c3cc4cc5c6c(cccc6c4cc23)-c2c-5c(-c3ccccc3)c3ccccc3c2-c2ccccc2)CC1. The van der Waals surface area contributed by atoms with Crippen molar-refractivity contribution in [1.82, 2.24) is 0 Å². The summed E-state index contributed by atoms with van der Waals surface area (Å²) in [6.07, 6.45) is 6.92. The van der Waals surface area contributed by atoms with E-state index in [9.17, 15) is 0 Å². The molecule has 0 spiro atoms. The topological polar surface area (TPSA) is 0 Å². The van der Waals surface area contributed by atoms with Gasteiger partial charge in [0.05, 0.1) is 0 Å². The summed E-state index contributed by atoms with van der Waals surface area (Å²) in [7, 11) is 0. The quantitative estimate of drug-likeness (QED) is 0.136. The predicted molar refractivity (Wildman–Crippen MR) is 207 cm³/mol. The molecule has 2 aliphatic rings. The first kappa shape index (κ1) is 26.1. The zero-order chi connectivity index (χ0) is 31.3. The van der Waals surface area contributed by atoms with E-state index in [-0.39, 0.29) is 0 Å². The fourth-order valence-electron chi connectivity index (χ4n) is 9.08. The third-order valence-corrected chi connectivity index (χ3v) is 11.0. The molecule has 222 valence electrons. The van der Waals surface area contributed by atoms with Crippen LogP contribution in [0.3, 0.4) is 0 Å². The van der Waals surface area contributed by atoms with Crippen molar-refractivity contribution in [3.8, 4) is 44.5 Å². The van der Waals surface area contributed by atoms with Gasteiger partial charge in [-0.3, -0.25) is 0 Å². The summed E-state index contributed by atoms with van der Waals surface area (Å²) >= 11 is 0. The minimum absolute atomic E-state index is 1.09. The number of fused-ring (bicyclic) bond motifs is 12. The Morgan fingerprint density at radius 2 is 0.979 bits per heavy atom. The van der Waals surface area contributed by atoms with Crippen molar-refractivity contribution < 1.29 is 0 Å². The molecule has 0 fully saturated rings. The Labute approximate surface area is 279 Å². The van der Waals surface area contributed by atoms with Gasteiger partial charge in [-0.15, -0.1) is 0 Å². The molecule has 0 amide bonds. The lowest BCUT2D eigenvalue weighted by Gasteiger charge is -2.20. The van der Waals surface area contributed by atoms with Gasteiger partial charge in [0.1, 0.15) is 0 Å². The fourth-order valence-corrected chi connectivity index (χ4v) is 9.08. The molecular weight excluding hydrogens is 577 g/mol. The van der Waals surface area contributed by atoms with Crippen molar-refractivity contribution >= 4 is 59.9 Å². The lowest BCUT2D eigenvalue weighted by molar-refractivity contribution is 1.00. The summed E-state index contributed by atoms with van der Waals surface area (Å²) in [4.78, 5) is 0. The van der Waals surface area contributed by atoms with Gasteiger partial charge in [-0.1, -0.05) is 140 Å². The van der Waals surface area contributed by atoms with Crippen LogP contribution < -0.4 is 0 Å². The average molecular weight is 607 g/mol. The smallest absolute Gasteiger partial charge is 0.000719 e. The van der Waals surface area contributed by atoms with E-state index in [0.717, 1.165) is 12.8 Å². The lowest BCUT2D eigenvalue weighted by atomic mass is 9.82. The zero-order valence-electron chi connectivity index (χ0n) is 26.4. The molecule has 0 heteroatoms. The Kier molecular flexibility index (Phi) is 5.32. The van der Waals surface area contributed by atoms with Crippen LogP contribution in [0.15, 0.2) is 152 Å². The highest BCUT2D eigenvalue weighted by Crippen LogP contribution is 2.58. The number of benzene rings is 9. The first-order valence-corrected chi connectivity index (χ1v) is 17.1. The molecule has 0 aromatic heterocycles. The van der Waals surface area contributed by atoms with Gasteiger partial charge in [-0.25, -0.2) is 0 Å².